The second-order valence-electron chi connectivity index (χ2n) is 8.52. The van der Waals surface area contributed by atoms with Crippen molar-refractivity contribution >= 4 is 29.2 Å². The van der Waals surface area contributed by atoms with Gasteiger partial charge in [-0.1, -0.05) is 30.2 Å². The van der Waals surface area contributed by atoms with Gasteiger partial charge >= 0.3 is 5.97 Å². The summed E-state index contributed by atoms with van der Waals surface area (Å²) in [6.07, 6.45) is 3.18. The Morgan fingerprint density at radius 1 is 1.09 bits per heavy atom. The number of carbonyl (C=O) groups excluding carboxylic acids is 2. The maximum Gasteiger partial charge on any atom is 0.323 e. The van der Waals surface area contributed by atoms with Crippen LogP contribution >= 0.6 is 11.6 Å². The summed E-state index contributed by atoms with van der Waals surface area (Å²) < 4.78 is 10.5. The summed E-state index contributed by atoms with van der Waals surface area (Å²) in [6, 6.07) is 14.6. The van der Waals surface area contributed by atoms with Gasteiger partial charge in [0.05, 0.1) is 32.0 Å². The zero-order valence-electron chi connectivity index (χ0n) is 19.6. The van der Waals surface area contributed by atoms with E-state index in [0.717, 1.165) is 35.4 Å². The number of piperidine rings is 1. The third-order valence-corrected chi connectivity index (χ3v) is 6.61. The molecule has 1 amide bonds. The first-order chi connectivity index (χ1) is 16.5. The molecule has 0 aromatic heterocycles. The third kappa shape index (κ3) is 5.42. The summed E-state index contributed by atoms with van der Waals surface area (Å²) in [5.74, 6) is 0.368. The monoisotopic (exact) mass is 483 g/mol. The standard InChI is InChI=1S/C26H30ClN3O4/c1-3-34-26(32)23-6-4-5-15-29(23)17-25(31)30-24(19-7-11-20(27)12-8-19)16-22(28-30)18-9-13-21(33-2)14-10-18/h7-14,23-24H,3-6,15-17H2,1-2H3/t23-,24+/m0/s1. The minimum Gasteiger partial charge on any atom is -0.497 e. The lowest BCUT2D eigenvalue weighted by Crippen LogP contribution is -2.49. The lowest BCUT2D eigenvalue weighted by Gasteiger charge is -2.34. The van der Waals surface area contributed by atoms with Crippen molar-refractivity contribution in [1.82, 2.24) is 9.91 Å². The number of hydrogen-bond acceptors (Lipinski definition) is 6. The van der Waals surface area contributed by atoms with Crippen LogP contribution < -0.4 is 4.74 Å². The summed E-state index contributed by atoms with van der Waals surface area (Å²) in [7, 11) is 1.63. The van der Waals surface area contributed by atoms with Crippen LogP contribution in [0.25, 0.3) is 0 Å². The molecular formula is C26H30ClN3O4. The van der Waals surface area contributed by atoms with Crippen molar-refractivity contribution in [3.8, 4) is 5.75 Å². The molecule has 8 heteroatoms. The third-order valence-electron chi connectivity index (χ3n) is 6.35. The predicted octanol–water partition coefficient (Wildman–Crippen LogP) is 4.44. The molecule has 2 aromatic rings. The molecule has 2 heterocycles. The number of methoxy groups -OCH3 is 1. The molecule has 0 unspecified atom stereocenters. The highest BCUT2D eigenvalue weighted by Crippen LogP contribution is 2.34. The minimum absolute atomic E-state index is 0.118. The number of rotatable bonds is 7. The SMILES string of the molecule is CCOC(=O)[C@@H]1CCCCN1CC(=O)N1N=C(c2ccc(OC)cc2)C[C@@H]1c1ccc(Cl)cc1. The van der Waals surface area contributed by atoms with Crippen LogP contribution in [-0.2, 0) is 14.3 Å². The van der Waals surface area contributed by atoms with Crippen LogP contribution in [0.4, 0.5) is 0 Å². The smallest absolute Gasteiger partial charge is 0.323 e. The highest BCUT2D eigenvalue weighted by atomic mass is 35.5. The van der Waals surface area contributed by atoms with Crippen molar-refractivity contribution in [2.45, 2.75) is 44.7 Å². The normalized spacial score (nSPS) is 20.7. The first kappa shape index (κ1) is 24.2. The fraction of sp³-hybridized carbons (Fsp3) is 0.423. The Balaban J connectivity index is 1.58. The summed E-state index contributed by atoms with van der Waals surface area (Å²) in [6.45, 7) is 2.93. The van der Waals surface area contributed by atoms with Gasteiger partial charge in [-0.05, 0) is 73.8 Å². The second kappa shape index (κ2) is 11.0. The summed E-state index contributed by atoms with van der Waals surface area (Å²) in [5.41, 5.74) is 2.74. The van der Waals surface area contributed by atoms with Crippen LogP contribution in [0.5, 0.6) is 5.75 Å². The molecule has 0 N–H and O–H groups in total. The topological polar surface area (TPSA) is 71.4 Å². The van der Waals surface area contributed by atoms with Crippen LogP contribution in [0.15, 0.2) is 53.6 Å². The average Bonchev–Trinajstić information content (AvgIpc) is 3.31. The van der Waals surface area contributed by atoms with E-state index in [0.29, 0.717) is 31.0 Å². The lowest BCUT2D eigenvalue weighted by atomic mass is 9.98. The van der Waals surface area contributed by atoms with E-state index in [1.807, 2.05) is 53.4 Å². The van der Waals surface area contributed by atoms with Gasteiger partial charge < -0.3 is 9.47 Å². The molecule has 0 bridgehead atoms. The van der Waals surface area contributed by atoms with Crippen molar-refractivity contribution < 1.29 is 19.1 Å². The van der Waals surface area contributed by atoms with E-state index in [9.17, 15) is 9.59 Å². The van der Waals surface area contributed by atoms with Gasteiger partial charge in [0.1, 0.15) is 11.8 Å². The molecule has 0 spiro atoms. The number of amides is 1. The molecular weight excluding hydrogens is 454 g/mol. The Labute approximate surface area is 205 Å². The maximum atomic E-state index is 13.5. The summed E-state index contributed by atoms with van der Waals surface area (Å²) >= 11 is 6.10. The Morgan fingerprint density at radius 3 is 2.50 bits per heavy atom. The van der Waals surface area contributed by atoms with E-state index < -0.39 is 0 Å². The van der Waals surface area contributed by atoms with Gasteiger partial charge in [-0.3, -0.25) is 14.5 Å². The zero-order chi connectivity index (χ0) is 24.1. The number of halogens is 1. The molecule has 4 rings (SSSR count). The van der Waals surface area contributed by atoms with Gasteiger partial charge in [0.2, 0.25) is 0 Å². The molecule has 2 aliphatic heterocycles. The fourth-order valence-electron chi connectivity index (χ4n) is 4.57. The molecule has 2 atom stereocenters. The van der Waals surface area contributed by atoms with Crippen LogP contribution in [0, 0.1) is 0 Å². The highest BCUT2D eigenvalue weighted by molar-refractivity contribution is 6.30. The molecule has 1 saturated heterocycles. The van der Waals surface area contributed by atoms with Gasteiger partial charge in [-0.15, -0.1) is 0 Å². The Kier molecular flexibility index (Phi) is 7.85. The number of ether oxygens (including phenoxy) is 2. The molecule has 0 aliphatic carbocycles. The molecule has 2 aromatic carbocycles. The molecule has 0 saturated carbocycles. The lowest BCUT2D eigenvalue weighted by molar-refractivity contribution is -0.152. The van der Waals surface area contributed by atoms with Crippen LogP contribution in [0.3, 0.4) is 0 Å². The van der Waals surface area contributed by atoms with Gasteiger partial charge in [0.25, 0.3) is 5.91 Å². The van der Waals surface area contributed by atoms with Crippen LogP contribution in [0.2, 0.25) is 5.02 Å². The van der Waals surface area contributed by atoms with Crippen molar-refractivity contribution in [2.24, 2.45) is 5.10 Å². The van der Waals surface area contributed by atoms with Gasteiger partial charge in [0, 0.05) is 11.4 Å². The van der Waals surface area contributed by atoms with Gasteiger partial charge in [-0.2, -0.15) is 5.10 Å². The summed E-state index contributed by atoms with van der Waals surface area (Å²) in [5, 5.41) is 6.96. The van der Waals surface area contributed by atoms with E-state index in [2.05, 4.69) is 0 Å². The highest BCUT2D eigenvalue weighted by Gasteiger charge is 2.37. The first-order valence-electron chi connectivity index (χ1n) is 11.7. The number of hydrazone groups is 1. The van der Waals surface area contributed by atoms with Crippen molar-refractivity contribution in [3.05, 3.63) is 64.7 Å². The van der Waals surface area contributed by atoms with Crippen LogP contribution in [-0.4, -0.2) is 60.3 Å². The molecule has 2 aliphatic rings. The van der Waals surface area contributed by atoms with E-state index in [-0.39, 0.29) is 30.5 Å². The van der Waals surface area contributed by atoms with Crippen molar-refractivity contribution in [2.75, 3.05) is 26.8 Å². The number of nitrogens with zero attached hydrogens (tertiary/aromatic N) is 3. The molecule has 1 fully saturated rings. The molecule has 34 heavy (non-hydrogen) atoms. The Bertz CT molecular complexity index is 1040. The summed E-state index contributed by atoms with van der Waals surface area (Å²) in [4.78, 5) is 28.0. The Hall–Kier alpha value is -2.90. The number of benzene rings is 2. The second-order valence-corrected chi connectivity index (χ2v) is 8.96. The number of esters is 1. The van der Waals surface area contributed by atoms with Gasteiger partial charge in [-0.25, -0.2) is 5.01 Å². The maximum absolute atomic E-state index is 13.5. The quantitative estimate of drug-likeness (QED) is 0.544. The molecule has 180 valence electrons. The van der Waals surface area contributed by atoms with E-state index in [4.69, 9.17) is 26.2 Å². The zero-order valence-corrected chi connectivity index (χ0v) is 20.3. The average molecular weight is 484 g/mol. The van der Waals surface area contributed by atoms with Gasteiger partial charge in [0.15, 0.2) is 0 Å². The van der Waals surface area contributed by atoms with E-state index in [1.54, 1.807) is 19.0 Å². The van der Waals surface area contributed by atoms with Crippen molar-refractivity contribution in [1.29, 1.82) is 0 Å². The number of hydrogen-bond donors (Lipinski definition) is 0. The van der Waals surface area contributed by atoms with E-state index in [1.165, 1.54) is 0 Å². The van der Waals surface area contributed by atoms with Crippen LogP contribution in [0.1, 0.15) is 49.8 Å². The number of likely N-dealkylation sites (tertiary alicyclic amines) is 1. The fourth-order valence-corrected chi connectivity index (χ4v) is 4.70. The predicted molar refractivity (Wildman–Crippen MR) is 131 cm³/mol. The molecule has 0 radical (unpaired) electrons. The number of carbonyl (C=O) groups is 2. The Morgan fingerprint density at radius 2 is 1.82 bits per heavy atom. The van der Waals surface area contributed by atoms with Crippen molar-refractivity contribution in [3.63, 3.8) is 0 Å². The van der Waals surface area contributed by atoms with E-state index >= 15 is 0 Å². The largest absolute Gasteiger partial charge is 0.497 e. The molecule has 7 nitrogen and oxygen atoms in total. The first-order valence-corrected chi connectivity index (χ1v) is 12.1. The minimum atomic E-state index is -0.390.